The molecule has 2 aliphatic heterocycles. The van der Waals surface area contributed by atoms with Gasteiger partial charge in [0.25, 0.3) is 0 Å². The summed E-state index contributed by atoms with van der Waals surface area (Å²) < 4.78 is 0. The highest BCUT2D eigenvalue weighted by atomic mass is 35.5. The third-order valence-corrected chi connectivity index (χ3v) is 4.10. The largest absolute Gasteiger partial charge is 0.352 e. The smallest absolute Gasteiger partial charge is 0.236 e. The molecule has 0 radical (unpaired) electrons. The second-order valence-electron chi connectivity index (χ2n) is 5.37. The molecule has 0 aliphatic carbocycles. The molecule has 2 unspecified atom stereocenters. The molecule has 2 saturated heterocycles. The molecule has 108 valence electrons. The Labute approximate surface area is 122 Å². The van der Waals surface area contributed by atoms with Gasteiger partial charge in [-0.2, -0.15) is 0 Å². The molecule has 1 amide bonds. The van der Waals surface area contributed by atoms with E-state index in [0.29, 0.717) is 18.1 Å². The van der Waals surface area contributed by atoms with E-state index in [-0.39, 0.29) is 36.8 Å². The highest BCUT2D eigenvalue weighted by Gasteiger charge is 2.36. The van der Waals surface area contributed by atoms with Gasteiger partial charge in [0.05, 0.1) is 6.04 Å². The SMILES string of the molecule is C[C@@H](N)C(=O)NC1CC2CCCC(C1)N2C.Cl.Cl. The van der Waals surface area contributed by atoms with Gasteiger partial charge >= 0.3 is 0 Å². The molecule has 2 fully saturated rings. The van der Waals surface area contributed by atoms with Gasteiger partial charge in [0.2, 0.25) is 5.91 Å². The second kappa shape index (κ2) is 7.53. The Hall–Kier alpha value is -0.0300. The Morgan fingerprint density at radius 1 is 1.28 bits per heavy atom. The molecule has 6 heteroatoms. The van der Waals surface area contributed by atoms with E-state index in [9.17, 15) is 4.79 Å². The van der Waals surface area contributed by atoms with Gasteiger partial charge in [-0.25, -0.2) is 0 Å². The first-order valence-corrected chi connectivity index (χ1v) is 6.36. The minimum Gasteiger partial charge on any atom is -0.352 e. The number of halogens is 2. The normalized spacial score (nSPS) is 32.7. The molecule has 0 aromatic heterocycles. The van der Waals surface area contributed by atoms with Crippen LogP contribution in [0.15, 0.2) is 0 Å². The highest BCUT2D eigenvalue weighted by molar-refractivity contribution is 5.85. The Kier molecular flexibility index (Phi) is 7.52. The number of nitrogens with zero attached hydrogens (tertiary/aromatic N) is 1. The summed E-state index contributed by atoms with van der Waals surface area (Å²) in [6.07, 6.45) is 6.07. The zero-order valence-corrected chi connectivity index (χ0v) is 12.7. The number of hydrogen-bond acceptors (Lipinski definition) is 3. The first kappa shape index (κ1) is 18.0. The summed E-state index contributed by atoms with van der Waals surface area (Å²) in [5.74, 6) is -0.00683. The van der Waals surface area contributed by atoms with E-state index in [0.717, 1.165) is 12.8 Å². The maximum atomic E-state index is 11.6. The van der Waals surface area contributed by atoms with Gasteiger partial charge in [-0.15, -0.1) is 24.8 Å². The van der Waals surface area contributed by atoms with E-state index < -0.39 is 0 Å². The predicted molar refractivity (Wildman–Crippen MR) is 78.5 cm³/mol. The zero-order valence-electron chi connectivity index (χ0n) is 11.1. The Balaban J connectivity index is 0.00000144. The average molecular weight is 298 g/mol. The van der Waals surface area contributed by atoms with Crippen LogP contribution < -0.4 is 11.1 Å². The van der Waals surface area contributed by atoms with Crippen molar-refractivity contribution in [3.05, 3.63) is 0 Å². The average Bonchev–Trinajstić information content (AvgIpc) is 2.19. The van der Waals surface area contributed by atoms with E-state index in [1.54, 1.807) is 6.92 Å². The van der Waals surface area contributed by atoms with Gasteiger partial charge in [0, 0.05) is 18.1 Å². The Morgan fingerprint density at radius 2 is 1.78 bits per heavy atom. The second-order valence-corrected chi connectivity index (χ2v) is 5.37. The molecule has 2 aliphatic rings. The maximum absolute atomic E-state index is 11.6. The summed E-state index contributed by atoms with van der Waals surface area (Å²) in [6, 6.07) is 1.27. The van der Waals surface area contributed by atoms with E-state index in [1.807, 2.05) is 0 Å². The minimum absolute atomic E-state index is 0. The topological polar surface area (TPSA) is 58.4 Å². The van der Waals surface area contributed by atoms with Crippen LogP contribution >= 0.6 is 24.8 Å². The lowest BCUT2D eigenvalue weighted by Gasteiger charge is -2.47. The predicted octanol–water partition coefficient (Wildman–Crippen LogP) is 1.31. The van der Waals surface area contributed by atoms with Crippen LogP contribution in [0.5, 0.6) is 0 Å². The molecule has 0 aromatic carbocycles. The zero-order chi connectivity index (χ0) is 11.7. The molecule has 3 N–H and O–H groups in total. The minimum atomic E-state index is -0.389. The van der Waals surface area contributed by atoms with Crippen LogP contribution in [-0.4, -0.2) is 42.0 Å². The van der Waals surface area contributed by atoms with Gasteiger partial charge in [0.1, 0.15) is 0 Å². The van der Waals surface area contributed by atoms with Crippen LogP contribution in [0.3, 0.4) is 0 Å². The van der Waals surface area contributed by atoms with Crippen molar-refractivity contribution in [1.82, 2.24) is 10.2 Å². The van der Waals surface area contributed by atoms with E-state index in [2.05, 4.69) is 17.3 Å². The van der Waals surface area contributed by atoms with Crippen LogP contribution in [0.4, 0.5) is 0 Å². The van der Waals surface area contributed by atoms with Crippen molar-refractivity contribution in [3.63, 3.8) is 0 Å². The molecule has 2 rings (SSSR count). The van der Waals surface area contributed by atoms with Crippen molar-refractivity contribution in [2.24, 2.45) is 5.73 Å². The number of hydrogen-bond donors (Lipinski definition) is 2. The Bertz CT molecular complexity index is 262. The third kappa shape index (κ3) is 3.98. The van der Waals surface area contributed by atoms with Gasteiger partial charge < -0.3 is 16.0 Å². The number of amides is 1. The fourth-order valence-electron chi connectivity index (χ4n) is 3.07. The summed E-state index contributed by atoms with van der Waals surface area (Å²) >= 11 is 0. The summed E-state index contributed by atoms with van der Waals surface area (Å²) in [6.45, 7) is 1.74. The van der Waals surface area contributed by atoms with Crippen LogP contribution in [0, 0.1) is 0 Å². The first-order chi connectivity index (χ1) is 7.58. The standard InChI is InChI=1S/C12H23N3O.2ClH/c1-8(13)12(16)14-9-6-10-4-3-5-11(7-9)15(10)2;;/h8-11H,3-7,13H2,1-2H3,(H,14,16);2*1H/t8-,9?,10?,11?;;/m1../s1. The van der Waals surface area contributed by atoms with Crippen molar-refractivity contribution < 1.29 is 4.79 Å². The Morgan fingerprint density at radius 3 is 2.22 bits per heavy atom. The number of fused-ring (bicyclic) bond motifs is 2. The molecule has 0 saturated carbocycles. The van der Waals surface area contributed by atoms with E-state index in [4.69, 9.17) is 5.73 Å². The third-order valence-electron chi connectivity index (χ3n) is 4.10. The molecule has 2 heterocycles. The fraction of sp³-hybridized carbons (Fsp3) is 0.917. The molecule has 0 aromatic rings. The number of rotatable bonds is 2. The molecule has 18 heavy (non-hydrogen) atoms. The number of nitrogens with one attached hydrogen (secondary N) is 1. The summed E-state index contributed by atoms with van der Waals surface area (Å²) in [7, 11) is 2.22. The molecule has 2 bridgehead atoms. The number of nitrogens with two attached hydrogens (primary N) is 1. The lowest BCUT2D eigenvalue weighted by Crippen LogP contribution is -2.56. The van der Waals surface area contributed by atoms with Gasteiger partial charge in [-0.1, -0.05) is 6.42 Å². The molecule has 4 nitrogen and oxygen atoms in total. The lowest BCUT2D eigenvalue weighted by molar-refractivity contribution is -0.123. The van der Waals surface area contributed by atoms with Gasteiger partial charge in [0.15, 0.2) is 0 Å². The van der Waals surface area contributed by atoms with E-state index >= 15 is 0 Å². The van der Waals surface area contributed by atoms with Crippen molar-refractivity contribution in [1.29, 1.82) is 0 Å². The first-order valence-electron chi connectivity index (χ1n) is 6.36. The van der Waals surface area contributed by atoms with Crippen molar-refractivity contribution >= 4 is 30.7 Å². The van der Waals surface area contributed by atoms with Crippen LogP contribution in [0.25, 0.3) is 0 Å². The molecular weight excluding hydrogens is 273 g/mol. The van der Waals surface area contributed by atoms with E-state index in [1.165, 1.54) is 19.3 Å². The van der Waals surface area contributed by atoms with Crippen LogP contribution in [0.2, 0.25) is 0 Å². The maximum Gasteiger partial charge on any atom is 0.236 e. The number of piperidine rings is 2. The molecule has 3 atom stereocenters. The molecule has 0 spiro atoms. The quantitative estimate of drug-likeness (QED) is 0.808. The van der Waals surface area contributed by atoms with Crippen LogP contribution in [-0.2, 0) is 4.79 Å². The molecular formula is C12H25Cl2N3O. The highest BCUT2D eigenvalue weighted by Crippen LogP contribution is 2.32. The monoisotopic (exact) mass is 297 g/mol. The lowest BCUT2D eigenvalue weighted by atomic mass is 9.82. The summed E-state index contributed by atoms with van der Waals surface area (Å²) in [5.41, 5.74) is 5.57. The van der Waals surface area contributed by atoms with Crippen LogP contribution in [0.1, 0.15) is 39.0 Å². The summed E-state index contributed by atoms with van der Waals surface area (Å²) in [5, 5.41) is 3.08. The van der Waals surface area contributed by atoms with Gasteiger partial charge in [-0.3, -0.25) is 4.79 Å². The van der Waals surface area contributed by atoms with Crippen molar-refractivity contribution in [2.45, 2.75) is 63.2 Å². The number of carbonyl (C=O) groups is 1. The van der Waals surface area contributed by atoms with Crippen molar-refractivity contribution in [2.75, 3.05) is 7.05 Å². The van der Waals surface area contributed by atoms with Crippen molar-refractivity contribution in [3.8, 4) is 0 Å². The summed E-state index contributed by atoms with van der Waals surface area (Å²) in [4.78, 5) is 14.1. The van der Waals surface area contributed by atoms with Gasteiger partial charge in [-0.05, 0) is 39.7 Å². The number of carbonyl (C=O) groups excluding carboxylic acids is 1. The fourth-order valence-corrected chi connectivity index (χ4v) is 3.07.